The maximum absolute atomic E-state index is 5.92. The smallest absolute Gasteiger partial charge is 0.374 e. The SMILES string of the molecule is CCO[Si](CCc1cc(C)c(C)cc1C)(OCC)OCC. The van der Waals surface area contributed by atoms with Crippen LogP contribution in [0.5, 0.6) is 0 Å². The monoisotopic (exact) mass is 310 g/mol. The molecular formula is C17H30O3Si. The molecule has 0 heterocycles. The second-order valence-electron chi connectivity index (χ2n) is 5.35. The highest BCUT2D eigenvalue weighted by molar-refractivity contribution is 6.60. The van der Waals surface area contributed by atoms with Crippen molar-refractivity contribution >= 4 is 8.80 Å². The van der Waals surface area contributed by atoms with Crippen molar-refractivity contribution in [3.63, 3.8) is 0 Å². The molecule has 0 bridgehead atoms. The molecule has 0 N–H and O–H groups in total. The Bertz CT molecular complexity index is 429. The molecule has 0 aliphatic carbocycles. The molecule has 120 valence electrons. The van der Waals surface area contributed by atoms with E-state index in [4.69, 9.17) is 13.3 Å². The van der Waals surface area contributed by atoms with Crippen LogP contribution in [0.2, 0.25) is 6.04 Å². The lowest BCUT2D eigenvalue weighted by molar-refractivity contribution is 0.0714. The minimum atomic E-state index is -2.53. The number of benzene rings is 1. The lowest BCUT2D eigenvalue weighted by Crippen LogP contribution is -2.46. The average molecular weight is 311 g/mol. The lowest BCUT2D eigenvalue weighted by atomic mass is 9.99. The molecule has 0 spiro atoms. The Morgan fingerprint density at radius 3 is 1.71 bits per heavy atom. The Morgan fingerprint density at radius 1 is 0.762 bits per heavy atom. The topological polar surface area (TPSA) is 27.7 Å². The molecule has 0 aliphatic heterocycles. The normalized spacial score (nSPS) is 11.9. The molecule has 3 nitrogen and oxygen atoms in total. The number of aryl methyl sites for hydroxylation is 4. The summed E-state index contributed by atoms with van der Waals surface area (Å²) in [4.78, 5) is 0. The third-order valence-corrected chi connectivity index (χ3v) is 6.79. The van der Waals surface area contributed by atoms with Crippen molar-refractivity contribution < 1.29 is 13.3 Å². The average Bonchev–Trinajstić information content (AvgIpc) is 2.42. The highest BCUT2D eigenvalue weighted by Gasteiger charge is 2.39. The molecule has 1 rings (SSSR count). The standard InChI is InChI=1S/C17H30O3Si/c1-7-18-21(19-8-2,20-9-3)11-10-17-13-15(5)14(4)12-16(17)6/h12-13H,7-11H2,1-6H3. The van der Waals surface area contributed by atoms with Gasteiger partial charge in [-0.15, -0.1) is 0 Å². The number of hydrogen-bond donors (Lipinski definition) is 0. The summed E-state index contributed by atoms with van der Waals surface area (Å²) in [6.07, 6.45) is 0.944. The van der Waals surface area contributed by atoms with E-state index < -0.39 is 8.80 Å². The van der Waals surface area contributed by atoms with Crippen molar-refractivity contribution in [2.75, 3.05) is 19.8 Å². The maximum Gasteiger partial charge on any atom is 0.501 e. The van der Waals surface area contributed by atoms with Gasteiger partial charge < -0.3 is 13.3 Å². The molecule has 0 radical (unpaired) electrons. The van der Waals surface area contributed by atoms with Gasteiger partial charge in [-0.1, -0.05) is 12.1 Å². The van der Waals surface area contributed by atoms with Crippen molar-refractivity contribution in [2.45, 2.75) is 54.0 Å². The second kappa shape index (κ2) is 8.69. The molecule has 0 fully saturated rings. The first-order valence-electron chi connectivity index (χ1n) is 7.96. The molecule has 4 heteroatoms. The largest absolute Gasteiger partial charge is 0.501 e. The fourth-order valence-corrected chi connectivity index (χ4v) is 5.16. The summed E-state index contributed by atoms with van der Waals surface area (Å²) in [5, 5.41) is 0. The highest BCUT2D eigenvalue weighted by Crippen LogP contribution is 2.22. The zero-order chi connectivity index (χ0) is 15.9. The van der Waals surface area contributed by atoms with Gasteiger partial charge in [0.15, 0.2) is 0 Å². The van der Waals surface area contributed by atoms with Gasteiger partial charge in [0.1, 0.15) is 0 Å². The molecule has 1 aromatic carbocycles. The predicted octanol–water partition coefficient (Wildman–Crippen LogP) is 4.20. The summed E-state index contributed by atoms with van der Waals surface area (Å²) >= 11 is 0. The van der Waals surface area contributed by atoms with Gasteiger partial charge in [-0.25, -0.2) is 0 Å². The first kappa shape index (κ1) is 18.4. The van der Waals surface area contributed by atoms with Crippen LogP contribution < -0.4 is 0 Å². The van der Waals surface area contributed by atoms with Crippen LogP contribution in [-0.2, 0) is 19.7 Å². The van der Waals surface area contributed by atoms with Gasteiger partial charge in [0, 0.05) is 25.9 Å². The minimum Gasteiger partial charge on any atom is -0.374 e. The molecule has 0 atom stereocenters. The third kappa shape index (κ3) is 5.22. The first-order chi connectivity index (χ1) is 9.98. The van der Waals surface area contributed by atoms with Gasteiger partial charge >= 0.3 is 8.80 Å². The summed E-state index contributed by atoms with van der Waals surface area (Å²) in [7, 11) is -2.53. The van der Waals surface area contributed by atoms with E-state index in [9.17, 15) is 0 Å². The molecule has 0 aliphatic rings. The molecule has 0 saturated carbocycles. The zero-order valence-corrected chi connectivity index (χ0v) is 15.4. The van der Waals surface area contributed by atoms with E-state index >= 15 is 0 Å². The van der Waals surface area contributed by atoms with E-state index in [0.717, 1.165) is 12.5 Å². The van der Waals surface area contributed by atoms with Crippen molar-refractivity contribution in [3.05, 3.63) is 34.4 Å². The summed E-state index contributed by atoms with van der Waals surface area (Å²) < 4.78 is 17.8. The summed E-state index contributed by atoms with van der Waals surface area (Å²) in [6, 6.07) is 5.38. The third-order valence-electron chi connectivity index (χ3n) is 3.75. The van der Waals surface area contributed by atoms with E-state index in [1.54, 1.807) is 0 Å². The van der Waals surface area contributed by atoms with Crippen LogP contribution in [-0.4, -0.2) is 28.6 Å². The highest BCUT2D eigenvalue weighted by atomic mass is 28.4. The van der Waals surface area contributed by atoms with Crippen LogP contribution in [0.15, 0.2) is 12.1 Å². The molecule has 0 amide bonds. The fraction of sp³-hybridized carbons (Fsp3) is 0.647. The Hall–Kier alpha value is -0.683. The summed E-state index contributed by atoms with van der Waals surface area (Å²) in [5.41, 5.74) is 5.39. The van der Waals surface area contributed by atoms with Crippen molar-refractivity contribution in [3.8, 4) is 0 Å². The van der Waals surface area contributed by atoms with Crippen molar-refractivity contribution in [2.24, 2.45) is 0 Å². The van der Waals surface area contributed by atoms with Crippen LogP contribution >= 0.6 is 0 Å². The Labute approximate surface area is 131 Å². The number of rotatable bonds is 9. The van der Waals surface area contributed by atoms with E-state index in [0.29, 0.717) is 19.8 Å². The van der Waals surface area contributed by atoms with Crippen LogP contribution in [0.25, 0.3) is 0 Å². The lowest BCUT2D eigenvalue weighted by Gasteiger charge is -2.28. The van der Waals surface area contributed by atoms with Gasteiger partial charge in [-0.2, -0.15) is 0 Å². The maximum atomic E-state index is 5.92. The summed E-state index contributed by atoms with van der Waals surface area (Å²) in [5.74, 6) is 0. The predicted molar refractivity (Wildman–Crippen MR) is 89.8 cm³/mol. The Balaban J connectivity index is 2.87. The molecule has 0 unspecified atom stereocenters. The van der Waals surface area contributed by atoms with E-state index in [1.807, 2.05) is 20.8 Å². The minimum absolute atomic E-state index is 0.637. The summed E-state index contributed by atoms with van der Waals surface area (Å²) in [6.45, 7) is 14.4. The second-order valence-corrected chi connectivity index (χ2v) is 8.08. The van der Waals surface area contributed by atoms with Gasteiger partial charge in [0.2, 0.25) is 0 Å². The van der Waals surface area contributed by atoms with Gasteiger partial charge in [-0.05, 0) is 70.2 Å². The van der Waals surface area contributed by atoms with Crippen LogP contribution in [0.1, 0.15) is 43.0 Å². The fourth-order valence-electron chi connectivity index (χ4n) is 2.58. The first-order valence-corrected chi connectivity index (χ1v) is 9.89. The van der Waals surface area contributed by atoms with Gasteiger partial charge in [-0.3, -0.25) is 0 Å². The zero-order valence-electron chi connectivity index (χ0n) is 14.4. The molecular weight excluding hydrogens is 280 g/mol. The Morgan fingerprint density at radius 2 is 1.24 bits per heavy atom. The van der Waals surface area contributed by atoms with Crippen LogP contribution in [0.3, 0.4) is 0 Å². The number of hydrogen-bond acceptors (Lipinski definition) is 3. The molecule has 0 saturated heterocycles. The van der Waals surface area contributed by atoms with Crippen molar-refractivity contribution in [1.29, 1.82) is 0 Å². The van der Waals surface area contributed by atoms with Gasteiger partial charge in [0.05, 0.1) is 0 Å². The molecule has 21 heavy (non-hydrogen) atoms. The quantitative estimate of drug-likeness (QED) is 0.640. The Kier molecular flexibility index (Phi) is 7.60. The van der Waals surface area contributed by atoms with Crippen molar-refractivity contribution in [1.82, 2.24) is 0 Å². The molecule has 0 aromatic heterocycles. The van der Waals surface area contributed by atoms with Crippen LogP contribution in [0, 0.1) is 20.8 Å². The van der Waals surface area contributed by atoms with Crippen LogP contribution in [0.4, 0.5) is 0 Å². The van der Waals surface area contributed by atoms with E-state index in [2.05, 4.69) is 32.9 Å². The van der Waals surface area contributed by atoms with Gasteiger partial charge in [0.25, 0.3) is 0 Å². The molecule has 1 aromatic rings. The van der Waals surface area contributed by atoms with E-state index in [-0.39, 0.29) is 0 Å². The van der Waals surface area contributed by atoms with E-state index in [1.165, 1.54) is 22.3 Å².